The van der Waals surface area contributed by atoms with Gasteiger partial charge in [0.1, 0.15) is 12.6 Å². The maximum atomic E-state index is 13.6. The summed E-state index contributed by atoms with van der Waals surface area (Å²) in [6, 6.07) is 15.3. The van der Waals surface area contributed by atoms with Crippen LogP contribution < -0.4 is 9.62 Å². The van der Waals surface area contributed by atoms with Crippen molar-refractivity contribution in [1.29, 1.82) is 0 Å². The van der Waals surface area contributed by atoms with Gasteiger partial charge >= 0.3 is 10.2 Å². The highest BCUT2D eigenvalue weighted by Gasteiger charge is 2.32. The summed E-state index contributed by atoms with van der Waals surface area (Å²) in [7, 11) is -1.11. The van der Waals surface area contributed by atoms with Crippen LogP contribution in [-0.4, -0.2) is 62.7 Å². The first-order chi connectivity index (χ1) is 15.9. The van der Waals surface area contributed by atoms with Gasteiger partial charge in [-0.05, 0) is 43.0 Å². The number of benzene rings is 2. The summed E-state index contributed by atoms with van der Waals surface area (Å²) in [6.07, 6.45) is 0. The van der Waals surface area contributed by atoms with E-state index in [1.807, 2.05) is 45.0 Å². The molecule has 0 fully saturated rings. The van der Waals surface area contributed by atoms with Crippen LogP contribution in [0.1, 0.15) is 31.9 Å². The van der Waals surface area contributed by atoms with Crippen molar-refractivity contribution in [2.24, 2.45) is 5.92 Å². The zero-order chi connectivity index (χ0) is 25.5. The average Bonchev–Trinajstić information content (AvgIpc) is 2.80. The zero-order valence-corrected chi connectivity index (χ0v) is 21.7. The van der Waals surface area contributed by atoms with Gasteiger partial charge in [-0.2, -0.15) is 12.7 Å². The van der Waals surface area contributed by atoms with Crippen LogP contribution >= 0.6 is 0 Å². The van der Waals surface area contributed by atoms with Crippen molar-refractivity contribution >= 4 is 27.7 Å². The molecule has 0 heterocycles. The highest BCUT2D eigenvalue weighted by molar-refractivity contribution is 7.90. The van der Waals surface area contributed by atoms with Gasteiger partial charge in [0.15, 0.2) is 0 Å². The largest absolute Gasteiger partial charge is 0.354 e. The molecule has 0 aliphatic rings. The molecule has 8 nitrogen and oxygen atoms in total. The lowest BCUT2D eigenvalue weighted by Crippen LogP contribution is -2.52. The lowest BCUT2D eigenvalue weighted by atomic mass is 10.1. The molecule has 1 unspecified atom stereocenters. The number of hydrogen-bond acceptors (Lipinski definition) is 4. The summed E-state index contributed by atoms with van der Waals surface area (Å²) in [5, 5.41) is 2.88. The molecular formula is C25H36N4O4S. The van der Waals surface area contributed by atoms with Crippen LogP contribution in [0.3, 0.4) is 0 Å². The van der Waals surface area contributed by atoms with Crippen LogP contribution in [0.2, 0.25) is 0 Å². The number of hydrogen-bond donors (Lipinski definition) is 1. The highest BCUT2D eigenvalue weighted by atomic mass is 32.2. The Morgan fingerprint density at radius 1 is 0.941 bits per heavy atom. The molecule has 186 valence electrons. The van der Waals surface area contributed by atoms with Crippen molar-refractivity contribution < 1.29 is 18.0 Å². The third-order valence-corrected chi connectivity index (χ3v) is 7.34. The number of amides is 2. The maximum absolute atomic E-state index is 13.6. The first kappa shape index (κ1) is 27.3. The fraction of sp³-hybridized carbons (Fsp3) is 0.440. The van der Waals surface area contributed by atoms with E-state index in [1.54, 1.807) is 37.3 Å². The van der Waals surface area contributed by atoms with E-state index in [1.165, 1.54) is 19.0 Å². The normalized spacial score (nSPS) is 12.5. The minimum atomic E-state index is -3.95. The maximum Gasteiger partial charge on any atom is 0.304 e. The van der Waals surface area contributed by atoms with Crippen LogP contribution in [0.15, 0.2) is 54.6 Å². The fourth-order valence-electron chi connectivity index (χ4n) is 3.32. The number of carbonyl (C=O) groups is 2. The van der Waals surface area contributed by atoms with Gasteiger partial charge in [-0.25, -0.2) is 4.31 Å². The Bertz CT molecular complexity index is 1070. The number of aryl methyl sites for hydroxylation is 1. The van der Waals surface area contributed by atoms with Gasteiger partial charge in [0.2, 0.25) is 11.8 Å². The van der Waals surface area contributed by atoms with E-state index in [4.69, 9.17) is 0 Å². The molecule has 2 rings (SSSR count). The second-order valence-corrected chi connectivity index (χ2v) is 11.0. The minimum Gasteiger partial charge on any atom is -0.354 e. The third kappa shape index (κ3) is 7.04. The molecule has 0 saturated heterocycles. The van der Waals surface area contributed by atoms with Crippen molar-refractivity contribution in [1.82, 2.24) is 14.5 Å². The number of para-hydroxylation sites is 1. The number of nitrogens with one attached hydrogen (secondary N) is 1. The van der Waals surface area contributed by atoms with Gasteiger partial charge < -0.3 is 10.2 Å². The van der Waals surface area contributed by atoms with Crippen molar-refractivity contribution in [3.05, 3.63) is 65.7 Å². The molecule has 0 bridgehead atoms. The van der Waals surface area contributed by atoms with E-state index < -0.39 is 28.7 Å². The van der Waals surface area contributed by atoms with Crippen molar-refractivity contribution in [3.8, 4) is 0 Å². The van der Waals surface area contributed by atoms with Gasteiger partial charge in [0.05, 0.1) is 5.69 Å². The molecule has 1 atom stereocenters. The Hall–Kier alpha value is -2.91. The molecule has 0 aliphatic carbocycles. The Morgan fingerprint density at radius 3 is 2.09 bits per heavy atom. The molecule has 2 aromatic rings. The standard InChI is InChI=1S/C25H36N4O4S/c1-19(2)16-26-25(31)21(4)28(17-22-13-11-10-12-20(22)3)24(30)18-29(34(32,33)27(5)6)23-14-8-7-9-15-23/h7-15,19,21H,16-18H2,1-6H3,(H,26,31). The second-order valence-electron chi connectivity index (χ2n) is 8.90. The van der Waals surface area contributed by atoms with E-state index in [0.29, 0.717) is 12.2 Å². The molecule has 0 saturated carbocycles. The molecule has 0 spiro atoms. The highest BCUT2D eigenvalue weighted by Crippen LogP contribution is 2.21. The van der Waals surface area contributed by atoms with E-state index in [2.05, 4.69) is 5.32 Å². The van der Waals surface area contributed by atoms with E-state index in [0.717, 1.165) is 19.7 Å². The van der Waals surface area contributed by atoms with Crippen molar-refractivity contribution in [2.45, 2.75) is 40.3 Å². The SMILES string of the molecule is Cc1ccccc1CN(C(=O)CN(c1ccccc1)S(=O)(=O)N(C)C)C(C)C(=O)NCC(C)C. The Labute approximate surface area is 203 Å². The molecule has 0 radical (unpaired) electrons. The molecule has 2 amide bonds. The molecule has 0 aliphatic heterocycles. The van der Waals surface area contributed by atoms with E-state index in [-0.39, 0.29) is 18.4 Å². The summed E-state index contributed by atoms with van der Waals surface area (Å²) < 4.78 is 28.3. The first-order valence-corrected chi connectivity index (χ1v) is 12.7. The first-order valence-electron chi connectivity index (χ1n) is 11.3. The quantitative estimate of drug-likeness (QED) is 0.527. The van der Waals surface area contributed by atoms with Crippen LogP contribution in [0, 0.1) is 12.8 Å². The van der Waals surface area contributed by atoms with Crippen LogP contribution in [0.5, 0.6) is 0 Å². The predicted molar refractivity (Wildman–Crippen MR) is 135 cm³/mol. The molecule has 1 N–H and O–H groups in total. The second kappa shape index (κ2) is 12.0. The molecule has 0 aromatic heterocycles. The molecular weight excluding hydrogens is 452 g/mol. The molecule has 9 heteroatoms. The average molecular weight is 489 g/mol. The number of carbonyl (C=O) groups excluding carboxylic acids is 2. The van der Waals surface area contributed by atoms with E-state index >= 15 is 0 Å². The lowest BCUT2D eigenvalue weighted by Gasteiger charge is -2.33. The Morgan fingerprint density at radius 2 is 1.53 bits per heavy atom. The Kier molecular flexibility index (Phi) is 9.64. The minimum absolute atomic E-state index is 0.187. The molecule has 2 aromatic carbocycles. The third-order valence-electron chi connectivity index (χ3n) is 5.52. The summed E-state index contributed by atoms with van der Waals surface area (Å²) in [5.74, 6) is -0.488. The van der Waals surface area contributed by atoms with E-state index in [9.17, 15) is 18.0 Å². The van der Waals surface area contributed by atoms with Crippen LogP contribution in [-0.2, 0) is 26.3 Å². The zero-order valence-electron chi connectivity index (χ0n) is 20.9. The van der Waals surface area contributed by atoms with Gasteiger partial charge in [-0.3, -0.25) is 9.59 Å². The lowest BCUT2D eigenvalue weighted by molar-refractivity contribution is -0.139. The smallest absolute Gasteiger partial charge is 0.304 e. The van der Waals surface area contributed by atoms with Crippen molar-refractivity contribution in [2.75, 3.05) is 31.5 Å². The topological polar surface area (TPSA) is 90.0 Å². The van der Waals surface area contributed by atoms with Gasteiger partial charge in [0.25, 0.3) is 0 Å². The predicted octanol–water partition coefficient (Wildman–Crippen LogP) is 2.80. The summed E-state index contributed by atoms with van der Waals surface area (Å²) >= 11 is 0. The number of rotatable bonds is 11. The van der Waals surface area contributed by atoms with Crippen LogP contribution in [0.4, 0.5) is 5.69 Å². The van der Waals surface area contributed by atoms with Crippen molar-refractivity contribution in [3.63, 3.8) is 0 Å². The van der Waals surface area contributed by atoms with Gasteiger partial charge in [0, 0.05) is 27.2 Å². The fourth-order valence-corrected chi connectivity index (χ4v) is 4.37. The summed E-state index contributed by atoms with van der Waals surface area (Å²) in [5.41, 5.74) is 2.24. The Balaban J connectivity index is 2.41. The number of anilines is 1. The summed E-state index contributed by atoms with van der Waals surface area (Å²) in [4.78, 5) is 27.9. The van der Waals surface area contributed by atoms with Gasteiger partial charge in [-0.15, -0.1) is 0 Å². The number of nitrogens with zero attached hydrogens (tertiary/aromatic N) is 3. The monoisotopic (exact) mass is 488 g/mol. The summed E-state index contributed by atoms with van der Waals surface area (Å²) in [6.45, 7) is 7.83. The molecule has 34 heavy (non-hydrogen) atoms. The van der Waals surface area contributed by atoms with Crippen LogP contribution in [0.25, 0.3) is 0 Å². The van der Waals surface area contributed by atoms with Gasteiger partial charge in [-0.1, -0.05) is 56.3 Å².